The number of nitrogens with zero attached hydrogens (tertiary/aromatic N) is 2. The molecular formula is C17H24ClN3O2. The van der Waals surface area contributed by atoms with Crippen molar-refractivity contribution >= 4 is 23.4 Å². The molecule has 6 heteroatoms. The summed E-state index contributed by atoms with van der Waals surface area (Å²) in [6.07, 6.45) is 0.753. The van der Waals surface area contributed by atoms with Gasteiger partial charge in [0.05, 0.1) is 6.04 Å². The first-order valence-electron chi connectivity index (χ1n) is 7.99. The van der Waals surface area contributed by atoms with Gasteiger partial charge in [-0.3, -0.25) is 9.59 Å². The first-order chi connectivity index (χ1) is 10.9. The van der Waals surface area contributed by atoms with E-state index in [9.17, 15) is 9.59 Å². The zero-order chi connectivity index (χ0) is 17.0. The summed E-state index contributed by atoms with van der Waals surface area (Å²) in [5.74, 6) is 0.0296. The molecule has 2 N–H and O–H groups in total. The molecule has 1 aliphatic rings. The molecule has 1 aliphatic heterocycles. The number of hydrogen-bond donors (Lipinski definition) is 1. The second kappa shape index (κ2) is 7.79. The molecule has 0 aromatic heterocycles. The molecular weight excluding hydrogens is 314 g/mol. The number of carbonyl (C=O) groups is 2. The maximum atomic E-state index is 12.6. The van der Waals surface area contributed by atoms with Crippen LogP contribution in [0.1, 0.15) is 30.6 Å². The second-order valence-corrected chi connectivity index (χ2v) is 6.69. The second-order valence-electron chi connectivity index (χ2n) is 6.25. The monoisotopic (exact) mass is 337 g/mol. The molecule has 1 saturated heterocycles. The lowest BCUT2D eigenvalue weighted by molar-refractivity contribution is -0.133. The van der Waals surface area contributed by atoms with Crippen LogP contribution < -0.4 is 5.73 Å². The summed E-state index contributed by atoms with van der Waals surface area (Å²) >= 11 is 5.95. The molecule has 0 unspecified atom stereocenters. The zero-order valence-electron chi connectivity index (χ0n) is 13.7. The Balaban J connectivity index is 2.01. The zero-order valence-corrected chi connectivity index (χ0v) is 14.4. The lowest BCUT2D eigenvalue weighted by Crippen LogP contribution is -2.47. The van der Waals surface area contributed by atoms with Crippen LogP contribution in [0.2, 0.25) is 5.02 Å². The lowest BCUT2D eigenvalue weighted by atomic mass is 10.0. The van der Waals surface area contributed by atoms with Gasteiger partial charge < -0.3 is 15.5 Å². The van der Waals surface area contributed by atoms with Crippen LogP contribution in [-0.2, 0) is 4.79 Å². The minimum Gasteiger partial charge on any atom is -0.340 e. The van der Waals surface area contributed by atoms with Crippen molar-refractivity contribution in [2.24, 2.45) is 11.7 Å². The number of amides is 2. The molecule has 0 radical (unpaired) electrons. The van der Waals surface area contributed by atoms with Crippen LogP contribution in [0.25, 0.3) is 0 Å². The van der Waals surface area contributed by atoms with Crippen molar-refractivity contribution in [1.29, 1.82) is 0 Å². The van der Waals surface area contributed by atoms with Crippen molar-refractivity contribution in [3.8, 4) is 0 Å². The standard InChI is InChI=1S/C17H24ClN3O2/c1-12(2)15(19)17(23)21-8-4-7-20(9-10-21)16(22)13-5-3-6-14(18)11-13/h3,5-6,11-12,15H,4,7-10,19H2,1-2H3/t15-/m0/s1. The van der Waals surface area contributed by atoms with Gasteiger partial charge in [0, 0.05) is 36.8 Å². The van der Waals surface area contributed by atoms with Crippen molar-refractivity contribution in [2.45, 2.75) is 26.3 Å². The van der Waals surface area contributed by atoms with E-state index in [1.165, 1.54) is 0 Å². The highest BCUT2D eigenvalue weighted by atomic mass is 35.5. The van der Waals surface area contributed by atoms with Crippen molar-refractivity contribution in [1.82, 2.24) is 9.80 Å². The van der Waals surface area contributed by atoms with E-state index in [-0.39, 0.29) is 17.7 Å². The molecule has 1 aromatic rings. The van der Waals surface area contributed by atoms with Crippen LogP contribution in [-0.4, -0.2) is 53.8 Å². The molecule has 0 aliphatic carbocycles. The van der Waals surface area contributed by atoms with Crippen LogP contribution >= 0.6 is 11.6 Å². The van der Waals surface area contributed by atoms with E-state index < -0.39 is 6.04 Å². The SMILES string of the molecule is CC(C)[C@H](N)C(=O)N1CCCN(C(=O)c2cccc(Cl)c2)CC1. The predicted octanol–water partition coefficient (Wildman–Crippen LogP) is 2.00. The number of carbonyl (C=O) groups excluding carboxylic acids is 2. The van der Waals surface area contributed by atoms with Crippen molar-refractivity contribution in [3.05, 3.63) is 34.9 Å². The third-order valence-electron chi connectivity index (χ3n) is 4.17. The van der Waals surface area contributed by atoms with E-state index >= 15 is 0 Å². The van der Waals surface area contributed by atoms with Crippen LogP contribution in [0.3, 0.4) is 0 Å². The largest absolute Gasteiger partial charge is 0.340 e. The summed E-state index contributed by atoms with van der Waals surface area (Å²) < 4.78 is 0. The molecule has 126 valence electrons. The first-order valence-corrected chi connectivity index (χ1v) is 8.37. The highest BCUT2D eigenvalue weighted by molar-refractivity contribution is 6.30. The molecule has 1 aromatic carbocycles. The van der Waals surface area contributed by atoms with Gasteiger partial charge in [-0.05, 0) is 30.5 Å². The summed E-state index contributed by atoms with van der Waals surface area (Å²) in [5, 5.41) is 0.547. The van der Waals surface area contributed by atoms with Gasteiger partial charge in [-0.15, -0.1) is 0 Å². The number of benzene rings is 1. The average Bonchev–Trinajstić information content (AvgIpc) is 2.78. The van der Waals surface area contributed by atoms with E-state index in [2.05, 4.69) is 0 Å². The van der Waals surface area contributed by atoms with Crippen LogP contribution in [0.4, 0.5) is 0 Å². The van der Waals surface area contributed by atoms with Gasteiger partial charge in [0.2, 0.25) is 5.91 Å². The lowest BCUT2D eigenvalue weighted by Gasteiger charge is -2.26. The number of hydrogen-bond acceptors (Lipinski definition) is 3. The number of halogens is 1. The molecule has 23 heavy (non-hydrogen) atoms. The number of nitrogens with two attached hydrogens (primary N) is 1. The van der Waals surface area contributed by atoms with E-state index in [0.717, 1.165) is 6.42 Å². The Morgan fingerprint density at radius 1 is 1.13 bits per heavy atom. The van der Waals surface area contributed by atoms with Gasteiger partial charge in [0.25, 0.3) is 5.91 Å². The van der Waals surface area contributed by atoms with E-state index in [0.29, 0.717) is 36.8 Å². The van der Waals surface area contributed by atoms with Crippen LogP contribution in [0.15, 0.2) is 24.3 Å². The molecule has 0 spiro atoms. The fourth-order valence-corrected chi connectivity index (χ4v) is 2.83. The van der Waals surface area contributed by atoms with Gasteiger partial charge in [0.1, 0.15) is 0 Å². The Morgan fingerprint density at radius 3 is 2.43 bits per heavy atom. The van der Waals surface area contributed by atoms with Gasteiger partial charge in [-0.2, -0.15) is 0 Å². The molecule has 5 nitrogen and oxygen atoms in total. The Morgan fingerprint density at radius 2 is 1.78 bits per heavy atom. The smallest absolute Gasteiger partial charge is 0.253 e. The Bertz CT molecular complexity index is 577. The highest BCUT2D eigenvalue weighted by Crippen LogP contribution is 2.15. The molecule has 1 heterocycles. The van der Waals surface area contributed by atoms with Crippen LogP contribution in [0.5, 0.6) is 0 Å². The normalized spacial score (nSPS) is 17.1. The topological polar surface area (TPSA) is 66.6 Å². The third kappa shape index (κ3) is 4.45. The summed E-state index contributed by atoms with van der Waals surface area (Å²) in [5.41, 5.74) is 6.54. The minimum absolute atomic E-state index is 0.0305. The molecule has 2 rings (SSSR count). The van der Waals surface area contributed by atoms with Crippen molar-refractivity contribution < 1.29 is 9.59 Å². The average molecular weight is 338 g/mol. The minimum atomic E-state index is -0.481. The summed E-state index contributed by atoms with van der Waals surface area (Å²) in [6, 6.07) is 6.47. The third-order valence-corrected chi connectivity index (χ3v) is 4.40. The fraction of sp³-hybridized carbons (Fsp3) is 0.529. The molecule has 2 amide bonds. The van der Waals surface area contributed by atoms with Gasteiger partial charge >= 0.3 is 0 Å². The Labute approximate surface area is 142 Å². The summed E-state index contributed by atoms with van der Waals surface area (Å²) in [7, 11) is 0. The predicted molar refractivity (Wildman–Crippen MR) is 91.4 cm³/mol. The highest BCUT2D eigenvalue weighted by Gasteiger charge is 2.27. The molecule has 1 fully saturated rings. The summed E-state index contributed by atoms with van der Waals surface area (Å²) in [4.78, 5) is 28.5. The van der Waals surface area contributed by atoms with Crippen molar-refractivity contribution in [2.75, 3.05) is 26.2 Å². The molecule has 0 saturated carbocycles. The number of rotatable bonds is 3. The Kier molecular flexibility index (Phi) is 6.02. The fourth-order valence-electron chi connectivity index (χ4n) is 2.64. The van der Waals surface area contributed by atoms with Gasteiger partial charge in [-0.25, -0.2) is 0 Å². The van der Waals surface area contributed by atoms with Gasteiger partial charge in [-0.1, -0.05) is 31.5 Å². The van der Waals surface area contributed by atoms with E-state index in [4.69, 9.17) is 17.3 Å². The summed E-state index contributed by atoms with van der Waals surface area (Å²) in [6.45, 7) is 6.18. The maximum absolute atomic E-state index is 12.6. The van der Waals surface area contributed by atoms with E-state index in [1.807, 2.05) is 13.8 Å². The molecule has 1 atom stereocenters. The van der Waals surface area contributed by atoms with Crippen LogP contribution in [0, 0.1) is 5.92 Å². The van der Waals surface area contributed by atoms with E-state index in [1.54, 1.807) is 34.1 Å². The first kappa shape index (κ1) is 17.8. The molecule has 0 bridgehead atoms. The Hall–Kier alpha value is -1.59. The quantitative estimate of drug-likeness (QED) is 0.917. The maximum Gasteiger partial charge on any atom is 0.253 e. The van der Waals surface area contributed by atoms with Gasteiger partial charge in [0.15, 0.2) is 0 Å². The van der Waals surface area contributed by atoms with Crippen molar-refractivity contribution in [3.63, 3.8) is 0 Å².